The van der Waals surface area contributed by atoms with Gasteiger partial charge >= 0.3 is 0 Å². The van der Waals surface area contributed by atoms with Crippen molar-refractivity contribution >= 4 is 11.6 Å². The number of nitrogen functional groups attached to an aromatic ring is 1. The van der Waals surface area contributed by atoms with E-state index in [1.807, 2.05) is 0 Å². The van der Waals surface area contributed by atoms with Crippen molar-refractivity contribution < 1.29 is 9.32 Å². The van der Waals surface area contributed by atoms with Crippen LogP contribution in [0.5, 0.6) is 0 Å². The van der Waals surface area contributed by atoms with Crippen molar-refractivity contribution in [1.82, 2.24) is 15.5 Å². The Labute approximate surface area is 91.5 Å². The highest BCUT2D eigenvalue weighted by Gasteiger charge is 2.09. The first-order chi connectivity index (χ1) is 7.77. The summed E-state index contributed by atoms with van der Waals surface area (Å²) in [5.41, 5.74) is 6.53. The first kappa shape index (κ1) is 10.2. The minimum atomic E-state index is -0.261. The molecule has 0 atom stereocenters. The summed E-state index contributed by atoms with van der Waals surface area (Å²) < 4.78 is 4.54. The third-order valence-electron chi connectivity index (χ3n) is 2.02. The first-order valence-corrected chi connectivity index (χ1v) is 4.65. The molecule has 0 radical (unpaired) electrons. The maximum atomic E-state index is 11.7. The lowest BCUT2D eigenvalue weighted by Crippen LogP contribution is -2.24. The van der Waals surface area contributed by atoms with Crippen LogP contribution in [0.15, 0.2) is 35.2 Å². The van der Waals surface area contributed by atoms with Gasteiger partial charge < -0.3 is 15.6 Å². The first-order valence-electron chi connectivity index (χ1n) is 4.65. The second kappa shape index (κ2) is 4.43. The van der Waals surface area contributed by atoms with Crippen molar-refractivity contribution in [3.8, 4) is 0 Å². The van der Waals surface area contributed by atoms with Gasteiger partial charge in [-0.2, -0.15) is 4.98 Å². The number of hydrogen-bond donors (Lipinski definition) is 2. The third-order valence-corrected chi connectivity index (χ3v) is 2.02. The maximum Gasteiger partial charge on any atom is 0.253 e. The molecular weight excluding hydrogens is 208 g/mol. The van der Waals surface area contributed by atoms with Crippen LogP contribution in [-0.2, 0) is 6.54 Å². The van der Waals surface area contributed by atoms with Crippen LogP contribution in [0.1, 0.15) is 16.2 Å². The SMILES string of the molecule is Nc1ccccc1C(=O)NCc1ncon1. The summed E-state index contributed by atoms with van der Waals surface area (Å²) in [4.78, 5) is 15.5. The molecule has 16 heavy (non-hydrogen) atoms. The smallest absolute Gasteiger partial charge is 0.253 e. The maximum absolute atomic E-state index is 11.7. The zero-order valence-electron chi connectivity index (χ0n) is 8.38. The fourth-order valence-corrected chi connectivity index (χ4v) is 1.23. The van der Waals surface area contributed by atoms with E-state index in [0.717, 1.165) is 0 Å². The molecule has 1 heterocycles. The molecule has 1 aromatic carbocycles. The third kappa shape index (κ3) is 2.17. The van der Waals surface area contributed by atoms with Gasteiger partial charge in [0.25, 0.3) is 5.91 Å². The highest BCUT2D eigenvalue weighted by molar-refractivity contribution is 5.98. The van der Waals surface area contributed by atoms with Gasteiger partial charge in [-0.1, -0.05) is 17.3 Å². The lowest BCUT2D eigenvalue weighted by molar-refractivity contribution is 0.0950. The summed E-state index contributed by atoms with van der Waals surface area (Å²) in [5, 5.41) is 6.21. The Balaban J connectivity index is 2.01. The molecule has 2 rings (SSSR count). The molecular formula is C10H10N4O2. The van der Waals surface area contributed by atoms with Crippen molar-refractivity contribution in [3.05, 3.63) is 42.0 Å². The molecule has 0 bridgehead atoms. The van der Waals surface area contributed by atoms with E-state index >= 15 is 0 Å². The molecule has 3 N–H and O–H groups in total. The van der Waals surface area contributed by atoms with Crippen LogP contribution >= 0.6 is 0 Å². The van der Waals surface area contributed by atoms with Crippen LogP contribution in [0.25, 0.3) is 0 Å². The number of nitrogens with one attached hydrogen (secondary N) is 1. The number of para-hydroxylation sites is 1. The minimum Gasteiger partial charge on any atom is -0.398 e. The van der Waals surface area contributed by atoms with Gasteiger partial charge in [0.2, 0.25) is 6.39 Å². The molecule has 0 fully saturated rings. The summed E-state index contributed by atoms with van der Waals surface area (Å²) >= 11 is 0. The molecule has 6 nitrogen and oxygen atoms in total. The largest absolute Gasteiger partial charge is 0.398 e. The van der Waals surface area contributed by atoms with Crippen molar-refractivity contribution in [2.45, 2.75) is 6.54 Å². The molecule has 0 aliphatic heterocycles. The van der Waals surface area contributed by atoms with Gasteiger partial charge in [0.1, 0.15) is 0 Å². The van der Waals surface area contributed by atoms with Gasteiger partial charge in [0.15, 0.2) is 5.82 Å². The molecule has 6 heteroatoms. The summed E-state index contributed by atoms with van der Waals surface area (Å²) in [6.45, 7) is 0.212. The van der Waals surface area contributed by atoms with Gasteiger partial charge in [-0.25, -0.2) is 0 Å². The standard InChI is InChI=1S/C10H10N4O2/c11-8-4-2-1-3-7(8)10(15)12-5-9-13-6-16-14-9/h1-4,6H,5,11H2,(H,12,15). The lowest BCUT2D eigenvalue weighted by Gasteiger charge is -2.04. The highest BCUT2D eigenvalue weighted by Crippen LogP contribution is 2.09. The van der Waals surface area contributed by atoms with E-state index in [4.69, 9.17) is 5.73 Å². The fraction of sp³-hybridized carbons (Fsp3) is 0.100. The van der Waals surface area contributed by atoms with Gasteiger partial charge in [-0.05, 0) is 12.1 Å². The lowest BCUT2D eigenvalue weighted by atomic mass is 10.1. The number of nitrogens with two attached hydrogens (primary N) is 1. The number of amides is 1. The van der Waals surface area contributed by atoms with Crippen molar-refractivity contribution in [2.24, 2.45) is 0 Å². The van der Waals surface area contributed by atoms with Gasteiger partial charge in [-0.15, -0.1) is 0 Å². The summed E-state index contributed by atoms with van der Waals surface area (Å²) in [6, 6.07) is 6.84. The predicted molar refractivity (Wildman–Crippen MR) is 56.3 cm³/mol. The fourth-order valence-electron chi connectivity index (χ4n) is 1.23. The second-order valence-corrected chi connectivity index (χ2v) is 3.12. The normalized spacial score (nSPS) is 10.0. The summed E-state index contributed by atoms with van der Waals surface area (Å²) in [6.07, 6.45) is 1.21. The average Bonchev–Trinajstić information content (AvgIpc) is 2.79. The van der Waals surface area contributed by atoms with Crippen LogP contribution in [0.3, 0.4) is 0 Å². The van der Waals surface area contributed by atoms with E-state index in [0.29, 0.717) is 17.1 Å². The van der Waals surface area contributed by atoms with Crippen LogP contribution in [0.4, 0.5) is 5.69 Å². The predicted octanol–water partition coefficient (Wildman–Crippen LogP) is 0.582. The molecule has 0 aliphatic rings. The van der Waals surface area contributed by atoms with Crippen LogP contribution in [0.2, 0.25) is 0 Å². The van der Waals surface area contributed by atoms with E-state index in [1.165, 1.54) is 6.39 Å². The number of benzene rings is 1. The highest BCUT2D eigenvalue weighted by atomic mass is 16.5. The van der Waals surface area contributed by atoms with Crippen molar-refractivity contribution in [2.75, 3.05) is 5.73 Å². The zero-order valence-corrected chi connectivity index (χ0v) is 8.38. The van der Waals surface area contributed by atoms with Crippen molar-refractivity contribution in [1.29, 1.82) is 0 Å². The Hall–Kier alpha value is -2.37. The Morgan fingerprint density at radius 1 is 1.44 bits per heavy atom. The Morgan fingerprint density at radius 2 is 2.25 bits per heavy atom. The number of anilines is 1. The molecule has 82 valence electrons. The topological polar surface area (TPSA) is 94.0 Å². The van der Waals surface area contributed by atoms with E-state index in [9.17, 15) is 4.79 Å². The summed E-state index contributed by atoms with van der Waals surface area (Å²) in [7, 11) is 0. The second-order valence-electron chi connectivity index (χ2n) is 3.12. The Morgan fingerprint density at radius 3 is 2.94 bits per heavy atom. The monoisotopic (exact) mass is 218 g/mol. The number of nitrogens with zero attached hydrogens (tertiary/aromatic N) is 2. The van der Waals surface area contributed by atoms with E-state index in [-0.39, 0.29) is 12.5 Å². The molecule has 0 unspecified atom stereocenters. The molecule has 1 aromatic heterocycles. The number of rotatable bonds is 3. The number of carbonyl (C=O) groups is 1. The number of hydrogen-bond acceptors (Lipinski definition) is 5. The van der Waals surface area contributed by atoms with Gasteiger partial charge in [0, 0.05) is 5.69 Å². The molecule has 0 spiro atoms. The molecule has 0 saturated heterocycles. The minimum absolute atomic E-state index is 0.212. The molecule has 1 amide bonds. The van der Waals surface area contributed by atoms with Crippen LogP contribution in [0, 0.1) is 0 Å². The number of aromatic nitrogens is 2. The Kier molecular flexibility index (Phi) is 2.81. The average molecular weight is 218 g/mol. The quantitative estimate of drug-likeness (QED) is 0.735. The Bertz CT molecular complexity index is 481. The van der Waals surface area contributed by atoms with E-state index < -0.39 is 0 Å². The van der Waals surface area contributed by atoms with Gasteiger partial charge in [-0.3, -0.25) is 4.79 Å². The van der Waals surface area contributed by atoms with Gasteiger partial charge in [0.05, 0.1) is 12.1 Å². The summed E-state index contributed by atoms with van der Waals surface area (Å²) in [5.74, 6) is 0.158. The number of carbonyl (C=O) groups excluding carboxylic acids is 1. The molecule has 0 saturated carbocycles. The van der Waals surface area contributed by atoms with E-state index in [2.05, 4.69) is 20.0 Å². The zero-order chi connectivity index (χ0) is 11.4. The van der Waals surface area contributed by atoms with Crippen LogP contribution in [-0.4, -0.2) is 16.0 Å². The van der Waals surface area contributed by atoms with Crippen LogP contribution < -0.4 is 11.1 Å². The molecule has 0 aliphatic carbocycles. The molecule has 2 aromatic rings. The van der Waals surface area contributed by atoms with Crippen molar-refractivity contribution in [3.63, 3.8) is 0 Å². The van der Waals surface area contributed by atoms with E-state index in [1.54, 1.807) is 24.3 Å².